The number of halogens is 1. The molecule has 0 fully saturated rings. The normalized spacial score (nSPS) is 10.6. The van der Waals surface area contributed by atoms with Crippen LogP contribution in [0.2, 0.25) is 0 Å². The van der Waals surface area contributed by atoms with Crippen LogP contribution in [0.25, 0.3) is 5.69 Å². The van der Waals surface area contributed by atoms with Crippen LogP contribution in [0.1, 0.15) is 17.2 Å². The predicted molar refractivity (Wildman–Crippen MR) is 58.2 cm³/mol. The van der Waals surface area contributed by atoms with Crippen LogP contribution in [0.3, 0.4) is 0 Å². The molecule has 0 aliphatic carbocycles. The van der Waals surface area contributed by atoms with Crippen molar-refractivity contribution in [2.75, 3.05) is 0 Å². The number of hydrogen-bond donors (Lipinski definition) is 0. The molecule has 0 unspecified atom stereocenters. The van der Waals surface area contributed by atoms with Crippen molar-refractivity contribution in [1.29, 1.82) is 0 Å². The number of alkyl halides is 1. The van der Waals surface area contributed by atoms with Crippen LogP contribution in [0.5, 0.6) is 0 Å². The van der Waals surface area contributed by atoms with Gasteiger partial charge in [0.15, 0.2) is 0 Å². The Morgan fingerprint density at radius 1 is 1.40 bits per heavy atom. The number of nitrogens with zero attached hydrogens (tertiary/aromatic N) is 4. The Morgan fingerprint density at radius 3 is 2.80 bits per heavy atom. The fourth-order valence-electron chi connectivity index (χ4n) is 1.48. The van der Waals surface area contributed by atoms with Gasteiger partial charge < -0.3 is 0 Å². The maximum Gasteiger partial charge on any atom is 0.148 e. The molecule has 2 rings (SSSR count). The molecule has 0 amide bonds. The highest BCUT2D eigenvalue weighted by Crippen LogP contribution is 2.15. The molecule has 5 heteroatoms. The van der Waals surface area contributed by atoms with E-state index in [0.29, 0.717) is 5.88 Å². The van der Waals surface area contributed by atoms with Crippen molar-refractivity contribution < 1.29 is 0 Å². The minimum absolute atomic E-state index is 0.418. The van der Waals surface area contributed by atoms with Crippen LogP contribution in [-0.2, 0) is 5.88 Å². The Kier molecular flexibility index (Phi) is 2.68. The molecule has 0 saturated carbocycles. The first kappa shape index (κ1) is 10.1. The zero-order chi connectivity index (χ0) is 10.8. The third-order valence-electron chi connectivity index (χ3n) is 2.12. The molecule has 0 spiro atoms. The fraction of sp³-hybridized carbons (Fsp3) is 0.300. The quantitative estimate of drug-likeness (QED) is 0.731. The van der Waals surface area contributed by atoms with Crippen molar-refractivity contribution in [3.05, 3.63) is 35.7 Å². The second kappa shape index (κ2) is 3.98. The van der Waals surface area contributed by atoms with E-state index in [1.165, 1.54) is 0 Å². The highest BCUT2D eigenvalue weighted by atomic mass is 35.5. The first-order valence-electron chi connectivity index (χ1n) is 4.62. The predicted octanol–water partition coefficient (Wildman–Crippen LogP) is 2.02. The number of aromatic nitrogens is 4. The smallest absolute Gasteiger partial charge is 0.148 e. The van der Waals surface area contributed by atoms with Crippen molar-refractivity contribution in [3.8, 4) is 5.69 Å². The van der Waals surface area contributed by atoms with Crippen molar-refractivity contribution in [2.45, 2.75) is 19.7 Å². The van der Waals surface area contributed by atoms with Gasteiger partial charge in [-0.1, -0.05) is 0 Å². The topological polar surface area (TPSA) is 43.6 Å². The molecule has 78 valence electrons. The minimum Gasteiger partial charge on any atom is -0.264 e. The van der Waals surface area contributed by atoms with Gasteiger partial charge in [-0.2, -0.15) is 5.10 Å². The highest BCUT2D eigenvalue weighted by molar-refractivity contribution is 6.17. The van der Waals surface area contributed by atoms with Gasteiger partial charge >= 0.3 is 0 Å². The summed E-state index contributed by atoms with van der Waals surface area (Å²) < 4.78 is 1.79. The molecule has 4 nitrogen and oxygen atoms in total. The molecule has 0 aliphatic heterocycles. The van der Waals surface area contributed by atoms with E-state index < -0.39 is 0 Å². The second-order valence-corrected chi connectivity index (χ2v) is 3.52. The Labute approximate surface area is 92.9 Å². The van der Waals surface area contributed by atoms with E-state index in [1.54, 1.807) is 17.1 Å². The second-order valence-electron chi connectivity index (χ2n) is 3.26. The van der Waals surface area contributed by atoms with E-state index in [1.807, 2.05) is 19.9 Å². The van der Waals surface area contributed by atoms with Gasteiger partial charge in [-0.15, -0.1) is 11.6 Å². The molecular weight excluding hydrogens is 212 g/mol. The van der Waals surface area contributed by atoms with Gasteiger partial charge in [0, 0.05) is 18.0 Å². The molecule has 2 aromatic rings. The van der Waals surface area contributed by atoms with E-state index in [2.05, 4.69) is 15.1 Å². The Morgan fingerprint density at radius 2 is 2.20 bits per heavy atom. The fourth-order valence-corrected chi connectivity index (χ4v) is 1.68. The number of rotatable bonds is 2. The molecule has 0 bridgehead atoms. The lowest BCUT2D eigenvalue weighted by atomic mass is 10.2. The summed E-state index contributed by atoms with van der Waals surface area (Å²) in [5, 5.41) is 4.31. The highest BCUT2D eigenvalue weighted by Gasteiger charge is 2.08. The summed E-state index contributed by atoms with van der Waals surface area (Å²) in [6.45, 7) is 3.78. The van der Waals surface area contributed by atoms with Crippen LogP contribution in [0, 0.1) is 13.8 Å². The monoisotopic (exact) mass is 222 g/mol. The van der Waals surface area contributed by atoms with Gasteiger partial charge in [0.05, 0.1) is 11.6 Å². The summed E-state index contributed by atoms with van der Waals surface area (Å²) in [7, 11) is 0. The van der Waals surface area contributed by atoms with Gasteiger partial charge in [-0.3, -0.25) is 4.98 Å². The molecule has 0 atom stereocenters. The van der Waals surface area contributed by atoms with Gasteiger partial charge in [0.2, 0.25) is 0 Å². The third-order valence-corrected chi connectivity index (χ3v) is 2.41. The van der Waals surface area contributed by atoms with E-state index in [4.69, 9.17) is 11.6 Å². The summed E-state index contributed by atoms with van der Waals surface area (Å²) >= 11 is 5.84. The van der Waals surface area contributed by atoms with Crippen LogP contribution < -0.4 is 0 Å². The zero-order valence-corrected chi connectivity index (χ0v) is 9.36. The van der Waals surface area contributed by atoms with Gasteiger partial charge in [0.25, 0.3) is 0 Å². The molecule has 0 aliphatic rings. The lowest BCUT2D eigenvalue weighted by Crippen LogP contribution is -2.03. The van der Waals surface area contributed by atoms with E-state index in [0.717, 1.165) is 22.9 Å². The SMILES string of the molecule is Cc1nc(C)n(-c2ccncc2CCl)n1. The third kappa shape index (κ3) is 1.85. The average Bonchev–Trinajstić information content (AvgIpc) is 2.57. The lowest BCUT2D eigenvalue weighted by molar-refractivity contribution is 0.821. The molecule has 0 N–H and O–H groups in total. The van der Waals surface area contributed by atoms with Crippen molar-refractivity contribution in [1.82, 2.24) is 19.7 Å². The average molecular weight is 223 g/mol. The van der Waals surface area contributed by atoms with Crippen LogP contribution in [-0.4, -0.2) is 19.7 Å². The zero-order valence-electron chi connectivity index (χ0n) is 8.61. The maximum atomic E-state index is 5.84. The molecule has 15 heavy (non-hydrogen) atoms. The number of hydrogen-bond acceptors (Lipinski definition) is 3. The van der Waals surface area contributed by atoms with Crippen LogP contribution in [0.4, 0.5) is 0 Å². The first-order valence-corrected chi connectivity index (χ1v) is 5.15. The minimum atomic E-state index is 0.418. The van der Waals surface area contributed by atoms with E-state index in [-0.39, 0.29) is 0 Å². The van der Waals surface area contributed by atoms with Crippen LogP contribution >= 0.6 is 11.6 Å². The summed E-state index contributed by atoms with van der Waals surface area (Å²) in [5.74, 6) is 2.02. The number of pyridine rings is 1. The number of aryl methyl sites for hydroxylation is 2. The van der Waals surface area contributed by atoms with Gasteiger partial charge in [-0.05, 0) is 19.9 Å². The molecule has 0 aromatic carbocycles. The largest absolute Gasteiger partial charge is 0.264 e. The Hall–Kier alpha value is -1.42. The van der Waals surface area contributed by atoms with Gasteiger partial charge in [-0.25, -0.2) is 9.67 Å². The maximum absolute atomic E-state index is 5.84. The van der Waals surface area contributed by atoms with E-state index in [9.17, 15) is 0 Å². The molecule has 2 aromatic heterocycles. The molecule has 0 radical (unpaired) electrons. The first-order chi connectivity index (χ1) is 7.22. The summed E-state index contributed by atoms with van der Waals surface area (Å²) in [4.78, 5) is 8.28. The van der Waals surface area contributed by atoms with Crippen molar-refractivity contribution >= 4 is 11.6 Å². The summed E-state index contributed by atoms with van der Waals surface area (Å²) in [5.41, 5.74) is 1.89. The van der Waals surface area contributed by atoms with Crippen LogP contribution in [0.15, 0.2) is 18.5 Å². The lowest BCUT2D eigenvalue weighted by Gasteiger charge is -2.06. The van der Waals surface area contributed by atoms with E-state index >= 15 is 0 Å². The van der Waals surface area contributed by atoms with Crippen molar-refractivity contribution in [3.63, 3.8) is 0 Å². The molecule has 0 saturated heterocycles. The summed E-state index contributed by atoms with van der Waals surface area (Å²) in [6.07, 6.45) is 3.47. The summed E-state index contributed by atoms with van der Waals surface area (Å²) in [6, 6.07) is 1.89. The Bertz CT molecular complexity index is 478. The standard InChI is InChI=1S/C10H11ClN4/c1-7-13-8(2)15(14-7)10-3-4-12-6-9(10)5-11/h3-4,6H,5H2,1-2H3. The molecule has 2 heterocycles. The van der Waals surface area contributed by atoms with Crippen molar-refractivity contribution in [2.24, 2.45) is 0 Å². The molecular formula is C10H11ClN4. The van der Waals surface area contributed by atoms with Gasteiger partial charge in [0.1, 0.15) is 11.6 Å². The Balaban J connectivity index is 2.58.